The first-order chi connectivity index (χ1) is 35.0. The molecule has 0 aromatic carbocycles. The predicted octanol–water partition coefficient (Wildman–Crippen LogP) is 20.5. The first kappa shape index (κ1) is 67.8. The van der Waals surface area contributed by atoms with Crippen molar-refractivity contribution in [2.24, 2.45) is 0 Å². The van der Waals surface area contributed by atoms with Crippen molar-refractivity contribution >= 4 is 17.9 Å². The molecule has 0 aromatic rings. The van der Waals surface area contributed by atoms with Crippen molar-refractivity contribution in [3.63, 3.8) is 0 Å². The van der Waals surface area contributed by atoms with Crippen LogP contribution in [0, 0.1) is 0 Å². The van der Waals surface area contributed by atoms with Crippen molar-refractivity contribution in [3.05, 3.63) is 72.9 Å². The summed E-state index contributed by atoms with van der Waals surface area (Å²) in [5.41, 5.74) is 0. The molecular formula is C65H114O6. The van der Waals surface area contributed by atoms with Crippen molar-refractivity contribution in [2.45, 2.75) is 309 Å². The summed E-state index contributed by atoms with van der Waals surface area (Å²) >= 11 is 0. The van der Waals surface area contributed by atoms with Crippen molar-refractivity contribution < 1.29 is 28.6 Å². The lowest BCUT2D eigenvalue weighted by Crippen LogP contribution is -2.30. The number of rotatable bonds is 55. The highest BCUT2D eigenvalue weighted by molar-refractivity contribution is 5.71. The van der Waals surface area contributed by atoms with Gasteiger partial charge in [0.25, 0.3) is 0 Å². The van der Waals surface area contributed by atoms with Crippen molar-refractivity contribution in [1.82, 2.24) is 0 Å². The minimum atomic E-state index is -0.795. The molecule has 0 bridgehead atoms. The van der Waals surface area contributed by atoms with Gasteiger partial charge in [0.15, 0.2) is 6.10 Å². The van der Waals surface area contributed by atoms with Gasteiger partial charge in [0.1, 0.15) is 13.2 Å². The van der Waals surface area contributed by atoms with Crippen LogP contribution in [0.5, 0.6) is 0 Å². The summed E-state index contributed by atoms with van der Waals surface area (Å²) in [4.78, 5) is 38.2. The molecule has 71 heavy (non-hydrogen) atoms. The third-order valence-electron chi connectivity index (χ3n) is 13.2. The molecule has 6 heteroatoms. The average Bonchev–Trinajstić information content (AvgIpc) is 3.37. The van der Waals surface area contributed by atoms with Gasteiger partial charge in [0.2, 0.25) is 0 Å². The number of hydrogen-bond acceptors (Lipinski definition) is 6. The van der Waals surface area contributed by atoms with E-state index in [0.717, 1.165) is 83.5 Å². The lowest BCUT2D eigenvalue weighted by Gasteiger charge is -2.18. The second kappa shape index (κ2) is 59.4. The summed E-state index contributed by atoms with van der Waals surface area (Å²) in [6, 6.07) is 0. The summed E-state index contributed by atoms with van der Waals surface area (Å²) < 4.78 is 16.9. The average molecular weight is 992 g/mol. The number of ether oxygens (including phenoxy) is 3. The Morgan fingerprint density at radius 1 is 0.296 bits per heavy atom. The van der Waals surface area contributed by atoms with Crippen LogP contribution in [0.3, 0.4) is 0 Å². The number of carbonyl (C=O) groups is 3. The third kappa shape index (κ3) is 57.6. The van der Waals surface area contributed by atoms with Crippen LogP contribution in [-0.4, -0.2) is 37.2 Å². The number of unbranched alkanes of at least 4 members (excludes halogenated alkanes) is 32. The monoisotopic (exact) mass is 991 g/mol. The molecule has 6 nitrogen and oxygen atoms in total. The Bertz CT molecular complexity index is 1320. The molecular weight excluding hydrogens is 877 g/mol. The zero-order valence-electron chi connectivity index (χ0n) is 47.0. The molecule has 0 aliphatic rings. The Kier molecular flexibility index (Phi) is 56.8. The van der Waals surface area contributed by atoms with Crippen LogP contribution in [0.2, 0.25) is 0 Å². The third-order valence-corrected chi connectivity index (χ3v) is 13.2. The molecule has 0 heterocycles. The van der Waals surface area contributed by atoms with Crippen molar-refractivity contribution in [3.8, 4) is 0 Å². The number of carbonyl (C=O) groups excluding carboxylic acids is 3. The maximum atomic E-state index is 12.9. The summed E-state index contributed by atoms with van der Waals surface area (Å²) in [6.07, 6.45) is 76.1. The largest absolute Gasteiger partial charge is 0.462 e. The maximum absolute atomic E-state index is 12.9. The van der Waals surface area contributed by atoms with E-state index in [9.17, 15) is 14.4 Å². The van der Waals surface area contributed by atoms with E-state index in [0.29, 0.717) is 19.3 Å². The topological polar surface area (TPSA) is 78.9 Å². The van der Waals surface area contributed by atoms with Crippen molar-refractivity contribution in [2.75, 3.05) is 13.2 Å². The first-order valence-electron chi connectivity index (χ1n) is 30.4. The molecule has 0 N–H and O–H groups in total. The standard InChI is InChI=1S/C65H114O6/c1-4-7-10-13-16-19-22-25-28-30-32-34-37-40-43-46-49-52-55-58-64(67)70-61-62(60-69-63(66)57-54-51-48-45-42-39-36-27-24-21-18-15-12-9-6-3)71-65(68)59-56-53-50-47-44-41-38-35-33-31-29-26-23-20-17-14-11-8-5-2/h9,12,18,21,25-29,36,42,45,62H,4-8,10-11,13-17,19-20,22-24,30-35,37-41,43-44,46-61H2,1-3H3/b12-9-,21-18-,28-25-,29-26-,36-27-,45-42-. The summed E-state index contributed by atoms with van der Waals surface area (Å²) in [5.74, 6) is -0.925. The van der Waals surface area contributed by atoms with Gasteiger partial charge in [-0.1, -0.05) is 248 Å². The van der Waals surface area contributed by atoms with Gasteiger partial charge in [0.05, 0.1) is 0 Å². The van der Waals surface area contributed by atoms with Gasteiger partial charge in [-0.15, -0.1) is 0 Å². The Hall–Kier alpha value is -3.15. The molecule has 0 saturated carbocycles. The molecule has 1 atom stereocenters. The molecule has 1 unspecified atom stereocenters. The quantitative estimate of drug-likeness (QED) is 0.0261. The molecule has 0 radical (unpaired) electrons. The molecule has 0 rings (SSSR count). The Labute approximate surface area is 440 Å². The van der Waals surface area contributed by atoms with Gasteiger partial charge in [-0.05, 0) is 109 Å². The van der Waals surface area contributed by atoms with Gasteiger partial charge in [0, 0.05) is 19.3 Å². The Morgan fingerprint density at radius 2 is 0.549 bits per heavy atom. The van der Waals surface area contributed by atoms with Crippen LogP contribution in [0.1, 0.15) is 303 Å². The highest BCUT2D eigenvalue weighted by Gasteiger charge is 2.19. The molecule has 0 saturated heterocycles. The van der Waals surface area contributed by atoms with Crippen LogP contribution >= 0.6 is 0 Å². The van der Waals surface area contributed by atoms with E-state index in [1.54, 1.807) is 0 Å². The van der Waals surface area contributed by atoms with Crippen molar-refractivity contribution in [1.29, 1.82) is 0 Å². The van der Waals surface area contributed by atoms with Gasteiger partial charge in [-0.2, -0.15) is 0 Å². The van der Waals surface area contributed by atoms with Gasteiger partial charge in [-0.25, -0.2) is 0 Å². The normalized spacial score (nSPS) is 12.5. The summed E-state index contributed by atoms with van der Waals surface area (Å²) in [7, 11) is 0. The van der Waals surface area contributed by atoms with E-state index in [1.165, 1.54) is 180 Å². The van der Waals surface area contributed by atoms with E-state index < -0.39 is 6.10 Å². The number of allylic oxidation sites excluding steroid dienone is 12. The highest BCUT2D eigenvalue weighted by Crippen LogP contribution is 2.16. The fourth-order valence-corrected chi connectivity index (χ4v) is 8.60. The second-order valence-corrected chi connectivity index (χ2v) is 20.2. The zero-order chi connectivity index (χ0) is 51.4. The zero-order valence-corrected chi connectivity index (χ0v) is 47.0. The molecule has 410 valence electrons. The lowest BCUT2D eigenvalue weighted by molar-refractivity contribution is -0.167. The fourth-order valence-electron chi connectivity index (χ4n) is 8.60. The lowest BCUT2D eigenvalue weighted by atomic mass is 10.1. The molecule has 0 fully saturated rings. The van der Waals surface area contributed by atoms with Gasteiger partial charge < -0.3 is 14.2 Å². The Morgan fingerprint density at radius 3 is 0.901 bits per heavy atom. The van der Waals surface area contributed by atoms with E-state index in [1.807, 2.05) is 0 Å². The van der Waals surface area contributed by atoms with Crippen LogP contribution in [0.25, 0.3) is 0 Å². The minimum absolute atomic E-state index is 0.0892. The minimum Gasteiger partial charge on any atom is -0.462 e. The summed E-state index contributed by atoms with van der Waals surface area (Å²) in [5, 5.41) is 0. The summed E-state index contributed by atoms with van der Waals surface area (Å²) in [6.45, 7) is 6.51. The highest BCUT2D eigenvalue weighted by atomic mass is 16.6. The number of esters is 3. The van der Waals surface area contributed by atoms with Crippen LogP contribution in [0.15, 0.2) is 72.9 Å². The first-order valence-corrected chi connectivity index (χ1v) is 30.4. The van der Waals surface area contributed by atoms with E-state index in [-0.39, 0.29) is 31.1 Å². The van der Waals surface area contributed by atoms with Crippen LogP contribution in [-0.2, 0) is 28.6 Å². The molecule has 0 aromatic heterocycles. The molecule has 0 aliphatic heterocycles. The second-order valence-electron chi connectivity index (χ2n) is 20.2. The van der Waals surface area contributed by atoms with Crippen LogP contribution in [0.4, 0.5) is 0 Å². The van der Waals surface area contributed by atoms with E-state index in [4.69, 9.17) is 14.2 Å². The van der Waals surface area contributed by atoms with E-state index >= 15 is 0 Å². The molecule has 0 amide bonds. The van der Waals surface area contributed by atoms with Gasteiger partial charge in [-0.3, -0.25) is 14.4 Å². The van der Waals surface area contributed by atoms with E-state index in [2.05, 4.69) is 93.7 Å². The molecule has 0 aliphatic carbocycles. The van der Waals surface area contributed by atoms with Crippen LogP contribution < -0.4 is 0 Å². The Balaban J connectivity index is 4.40. The molecule has 0 spiro atoms. The number of hydrogen-bond donors (Lipinski definition) is 0. The fraction of sp³-hybridized carbons (Fsp3) is 0.769. The smallest absolute Gasteiger partial charge is 0.306 e. The SMILES string of the molecule is CC/C=C\C/C=C\C/C=C\C/C=C\CCCCC(=O)OCC(COC(=O)CCCCCCCCCCC/C=C\CCCCCCCC)OC(=O)CCCCCCCCCCC/C=C\CCCCCCCC. The van der Waals surface area contributed by atoms with Gasteiger partial charge >= 0.3 is 17.9 Å². The maximum Gasteiger partial charge on any atom is 0.306 e. The predicted molar refractivity (Wildman–Crippen MR) is 307 cm³/mol.